The van der Waals surface area contributed by atoms with Crippen LogP contribution in [0.2, 0.25) is 5.02 Å². The quantitative estimate of drug-likeness (QED) is 0.394. The second kappa shape index (κ2) is 10.0. The third kappa shape index (κ3) is 7.04. The molecule has 0 aliphatic rings. The molecule has 0 atom stereocenters. The zero-order valence-electron chi connectivity index (χ0n) is 14.5. The van der Waals surface area contributed by atoms with Crippen molar-refractivity contribution < 1.29 is 24.0 Å². The smallest absolute Gasteiger partial charge is 0.306 e. The van der Waals surface area contributed by atoms with E-state index in [0.717, 1.165) is 0 Å². The Kier molecular flexibility index (Phi) is 7.46. The molecule has 0 heterocycles. The average Bonchev–Trinajstić information content (AvgIpc) is 2.66. The molecule has 2 aromatic rings. The van der Waals surface area contributed by atoms with E-state index in [1.807, 2.05) is 0 Å². The number of nitrogens with zero attached hydrogens (tertiary/aromatic N) is 1. The van der Waals surface area contributed by atoms with Gasteiger partial charge in [0.15, 0.2) is 6.61 Å². The Bertz CT molecular complexity index is 885. The molecule has 9 nitrogen and oxygen atoms in total. The monoisotopic (exact) mass is 405 g/mol. The Hall–Kier alpha value is -3.46. The molecule has 0 aromatic heterocycles. The van der Waals surface area contributed by atoms with Gasteiger partial charge in [-0.3, -0.25) is 24.5 Å². The zero-order valence-corrected chi connectivity index (χ0v) is 15.3. The van der Waals surface area contributed by atoms with Crippen molar-refractivity contribution in [2.24, 2.45) is 0 Å². The fourth-order valence-electron chi connectivity index (χ4n) is 2.08. The van der Waals surface area contributed by atoms with E-state index in [2.05, 4.69) is 10.6 Å². The summed E-state index contributed by atoms with van der Waals surface area (Å²) >= 11 is 5.75. The first-order chi connectivity index (χ1) is 13.3. The maximum atomic E-state index is 11.8. The number of nitrogens with one attached hydrogen (secondary N) is 2. The number of benzene rings is 2. The van der Waals surface area contributed by atoms with Crippen LogP contribution in [0.15, 0.2) is 48.5 Å². The van der Waals surface area contributed by atoms with E-state index in [9.17, 15) is 24.5 Å². The van der Waals surface area contributed by atoms with Crippen LogP contribution < -0.4 is 10.6 Å². The number of anilines is 2. The van der Waals surface area contributed by atoms with Crippen LogP contribution in [0.4, 0.5) is 17.1 Å². The molecule has 0 fully saturated rings. The van der Waals surface area contributed by atoms with Gasteiger partial charge < -0.3 is 15.4 Å². The number of nitro groups is 1. The summed E-state index contributed by atoms with van der Waals surface area (Å²) < 4.78 is 4.79. The van der Waals surface area contributed by atoms with Crippen molar-refractivity contribution in [1.29, 1.82) is 0 Å². The first-order valence-corrected chi connectivity index (χ1v) is 8.46. The summed E-state index contributed by atoms with van der Waals surface area (Å²) in [5, 5.41) is 16.2. The molecule has 0 spiro atoms. The molecule has 0 unspecified atom stereocenters. The minimum absolute atomic E-state index is 0.117. The molecule has 28 heavy (non-hydrogen) atoms. The van der Waals surface area contributed by atoms with E-state index in [1.54, 1.807) is 24.3 Å². The number of nitro benzene ring substituents is 1. The summed E-state index contributed by atoms with van der Waals surface area (Å²) in [7, 11) is 0. The highest BCUT2D eigenvalue weighted by atomic mass is 35.5. The lowest BCUT2D eigenvalue weighted by molar-refractivity contribution is -0.384. The topological polar surface area (TPSA) is 128 Å². The van der Waals surface area contributed by atoms with Crippen LogP contribution in [0.1, 0.15) is 12.8 Å². The molecule has 2 rings (SSSR count). The summed E-state index contributed by atoms with van der Waals surface area (Å²) in [6.07, 6.45) is -0.322. The molecule has 146 valence electrons. The van der Waals surface area contributed by atoms with Crippen molar-refractivity contribution in [3.63, 3.8) is 0 Å². The predicted octanol–water partition coefficient (Wildman–Crippen LogP) is 3.15. The molecule has 0 radical (unpaired) electrons. The Morgan fingerprint density at radius 1 is 0.964 bits per heavy atom. The normalized spacial score (nSPS) is 10.0. The standard InChI is InChI=1S/C18H16ClN3O6/c19-12-4-6-13(7-5-12)20-16(23)8-9-18(25)28-11-17(24)21-14-2-1-3-15(10-14)22(26)27/h1-7,10H,8-9,11H2,(H,20,23)(H,21,24). The van der Waals surface area contributed by atoms with Gasteiger partial charge >= 0.3 is 5.97 Å². The van der Waals surface area contributed by atoms with Crippen LogP contribution >= 0.6 is 11.6 Å². The van der Waals surface area contributed by atoms with Gasteiger partial charge in [0.25, 0.3) is 11.6 Å². The molecular formula is C18H16ClN3O6. The van der Waals surface area contributed by atoms with Gasteiger partial charge in [-0.05, 0) is 30.3 Å². The molecule has 10 heteroatoms. The van der Waals surface area contributed by atoms with Gasteiger partial charge in [0.05, 0.1) is 11.3 Å². The van der Waals surface area contributed by atoms with Crippen molar-refractivity contribution in [1.82, 2.24) is 0 Å². The lowest BCUT2D eigenvalue weighted by Gasteiger charge is -2.07. The summed E-state index contributed by atoms with van der Waals surface area (Å²) in [6, 6.07) is 11.8. The number of amides is 2. The van der Waals surface area contributed by atoms with Gasteiger partial charge in [0, 0.05) is 35.0 Å². The van der Waals surface area contributed by atoms with Crippen molar-refractivity contribution in [2.45, 2.75) is 12.8 Å². The number of carbonyl (C=O) groups excluding carboxylic acids is 3. The number of rotatable bonds is 8. The highest BCUT2D eigenvalue weighted by molar-refractivity contribution is 6.30. The lowest BCUT2D eigenvalue weighted by Crippen LogP contribution is -2.21. The lowest BCUT2D eigenvalue weighted by atomic mass is 10.2. The van der Waals surface area contributed by atoms with Crippen LogP contribution in [-0.4, -0.2) is 29.3 Å². The summed E-state index contributed by atoms with van der Waals surface area (Å²) in [4.78, 5) is 45.3. The number of hydrogen-bond acceptors (Lipinski definition) is 6. The van der Waals surface area contributed by atoms with E-state index in [-0.39, 0.29) is 30.1 Å². The van der Waals surface area contributed by atoms with Crippen molar-refractivity contribution in [3.05, 3.63) is 63.7 Å². The second-order valence-corrected chi connectivity index (χ2v) is 6.01. The first-order valence-electron chi connectivity index (χ1n) is 8.09. The Labute approximate surface area is 164 Å². The summed E-state index contributed by atoms with van der Waals surface area (Å²) in [5.74, 6) is -1.76. The number of ether oxygens (including phenoxy) is 1. The van der Waals surface area contributed by atoms with E-state index in [1.165, 1.54) is 24.3 Å². The van der Waals surface area contributed by atoms with Crippen LogP contribution in [0, 0.1) is 10.1 Å². The summed E-state index contributed by atoms with van der Waals surface area (Å²) in [5.41, 5.74) is 0.568. The van der Waals surface area contributed by atoms with Crippen molar-refractivity contribution in [3.8, 4) is 0 Å². The van der Waals surface area contributed by atoms with E-state index in [0.29, 0.717) is 10.7 Å². The van der Waals surface area contributed by atoms with E-state index < -0.39 is 23.4 Å². The minimum atomic E-state index is -0.722. The molecule has 0 aliphatic carbocycles. The number of halogens is 1. The summed E-state index contributed by atoms with van der Waals surface area (Å²) in [6.45, 7) is -0.569. The van der Waals surface area contributed by atoms with Crippen LogP contribution in [0.5, 0.6) is 0 Å². The van der Waals surface area contributed by atoms with Gasteiger partial charge in [-0.15, -0.1) is 0 Å². The zero-order chi connectivity index (χ0) is 20.5. The average molecular weight is 406 g/mol. The van der Waals surface area contributed by atoms with Crippen molar-refractivity contribution >= 4 is 46.4 Å². The highest BCUT2D eigenvalue weighted by Gasteiger charge is 2.12. The molecule has 2 aromatic carbocycles. The third-order valence-corrected chi connectivity index (χ3v) is 3.64. The molecule has 2 amide bonds. The second-order valence-electron chi connectivity index (χ2n) is 5.57. The highest BCUT2D eigenvalue weighted by Crippen LogP contribution is 2.17. The number of carbonyl (C=O) groups is 3. The molecule has 2 N–H and O–H groups in total. The van der Waals surface area contributed by atoms with E-state index >= 15 is 0 Å². The van der Waals surface area contributed by atoms with Crippen LogP contribution in [0.3, 0.4) is 0 Å². The van der Waals surface area contributed by atoms with E-state index in [4.69, 9.17) is 16.3 Å². The van der Waals surface area contributed by atoms with Crippen LogP contribution in [0.25, 0.3) is 0 Å². The SMILES string of the molecule is O=C(CCC(=O)OCC(=O)Nc1cccc([N+](=O)[O-])c1)Nc1ccc(Cl)cc1. The predicted molar refractivity (Wildman–Crippen MR) is 102 cm³/mol. The minimum Gasteiger partial charge on any atom is -0.456 e. The van der Waals surface area contributed by atoms with Crippen molar-refractivity contribution in [2.75, 3.05) is 17.2 Å². The van der Waals surface area contributed by atoms with Gasteiger partial charge in [0.2, 0.25) is 5.91 Å². The van der Waals surface area contributed by atoms with Gasteiger partial charge in [-0.2, -0.15) is 0 Å². The van der Waals surface area contributed by atoms with Gasteiger partial charge in [-0.1, -0.05) is 17.7 Å². The Morgan fingerprint density at radius 3 is 2.32 bits per heavy atom. The fourth-order valence-corrected chi connectivity index (χ4v) is 2.21. The van der Waals surface area contributed by atoms with Gasteiger partial charge in [0.1, 0.15) is 0 Å². The maximum Gasteiger partial charge on any atom is 0.306 e. The number of non-ortho nitro benzene ring substituents is 1. The molecule has 0 aliphatic heterocycles. The van der Waals surface area contributed by atoms with Gasteiger partial charge in [-0.25, -0.2) is 0 Å². The molecule has 0 bridgehead atoms. The van der Waals surface area contributed by atoms with Crippen LogP contribution in [-0.2, 0) is 19.1 Å². The third-order valence-electron chi connectivity index (χ3n) is 3.39. The molecule has 0 saturated carbocycles. The Morgan fingerprint density at radius 2 is 1.64 bits per heavy atom. The maximum absolute atomic E-state index is 11.8. The molecular weight excluding hydrogens is 390 g/mol. The first kappa shape index (κ1) is 20.8. The fraction of sp³-hybridized carbons (Fsp3) is 0.167. The largest absolute Gasteiger partial charge is 0.456 e. The molecule has 0 saturated heterocycles. The Balaban J connectivity index is 1.70. The number of hydrogen-bond donors (Lipinski definition) is 2. The number of esters is 1.